The molecule has 1 aromatic rings. The van der Waals surface area contributed by atoms with Crippen molar-refractivity contribution < 1.29 is 4.74 Å². The Labute approximate surface area is 123 Å². The molecule has 1 aliphatic rings. The van der Waals surface area contributed by atoms with Crippen LogP contribution in [0.1, 0.15) is 39.4 Å². The molecule has 4 nitrogen and oxygen atoms in total. The van der Waals surface area contributed by atoms with Crippen molar-refractivity contribution in [2.24, 2.45) is 0 Å². The van der Waals surface area contributed by atoms with E-state index >= 15 is 0 Å². The van der Waals surface area contributed by atoms with Crippen molar-refractivity contribution in [1.29, 1.82) is 0 Å². The zero-order chi connectivity index (χ0) is 14.0. The molecule has 0 bridgehead atoms. The minimum absolute atomic E-state index is 0.0466. The minimum Gasteiger partial charge on any atom is -0.383 e. The quantitative estimate of drug-likeness (QED) is 0.779. The van der Waals surface area contributed by atoms with Crippen molar-refractivity contribution in [1.82, 2.24) is 9.97 Å². The fourth-order valence-electron chi connectivity index (χ4n) is 1.95. The highest BCUT2D eigenvalue weighted by Gasteiger charge is 2.31. The first-order chi connectivity index (χ1) is 8.91. The molecule has 1 aliphatic carbocycles. The first-order valence-corrected chi connectivity index (χ1v) is 7.52. The summed E-state index contributed by atoms with van der Waals surface area (Å²) in [5.41, 5.74) is -0.0466. The molecule has 0 aromatic carbocycles. The summed E-state index contributed by atoms with van der Waals surface area (Å²) in [6, 6.07) is 2.62. The molecule has 106 valence electrons. The van der Waals surface area contributed by atoms with Gasteiger partial charge in [-0.2, -0.15) is 0 Å². The van der Waals surface area contributed by atoms with Gasteiger partial charge < -0.3 is 9.64 Å². The van der Waals surface area contributed by atoms with E-state index in [0.717, 1.165) is 29.4 Å². The molecule has 1 saturated carbocycles. The highest BCUT2D eigenvalue weighted by atomic mass is 79.9. The van der Waals surface area contributed by atoms with E-state index in [1.807, 2.05) is 6.07 Å². The van der Waals surface area contributed by atoms with E-state index in [2.05, 4.69) is 46.6 Å². The van der Waals surface area contributed by atoms with Crippen LogP contribution in [-0.4, -0.2) is 36.3 Å². The average molecular weight is 328 g/mol. The van der Waals surface area contributed by atoms with Gasteiger partial charge in [0.15, 0.2) is 0 Å². The zero-order valence-corrected chi connectivity index (χ0v) is 13.7. The third-order valence-electron chi connectivity index (χ3n) is 3.17. The molecule has 2 rings (SSSR count). The Morgan fingerprint density at radius 2 is 2.05 bits per heavy atom. The summed E-state index contributed by atoms with van der Waals surface area (Å²) in [5.74, 6) is 1.88. The fraction of sp³-hybridized carbons (Fsp3) is 0.714. The number of halogens is 1. The summed E-state index contributed by atoms with van der Waals surface area (Å²) in [7, 11) is 1.74. The molecular formula is C14H22BrN3O. The standard InChI is InChI=1S/C14H22BrN3O/c1-14(2,3)13-16-11(15)9-12(17-13)18(7-8-19-4)10-5-6-10/h9-10H,5-8H2,1-4H3. The maximum absolute atomic E-state index is 5.20. The summed E-state index contributed by atoms with van der Waals surface area (Å²) in [5, 5.41) is 0. The monoisotopic (exact) mass is 327 g/mol. The van der Waals surface area contributed by atoms with Gasteiger partial charge in [0.25, 0.3) is 0 Å². The van der Waals surface area contributed by atoms with Gasteiger partial charge in [0.1, 0.15) is 16.2 Å². The summed E-state index contributed by atoms with van der Waals surface area (Å²) in [6.07, 6.45) is 2.49. The van der Waals surface area contributed by atoms with Crippen LogP contribution in [0.25, 0.3) is 0 Å². The van der Waals surface area contributed by atoms with Crippen molar-refractivity contribution >= 4 is 21.7 Å². The lowest BCUT2D eigenvalue weighted by molar-refractivity contribution is 0.204. The molecule has 0 saturated heterocycles. The van der Waals surface area contributed by atoms with Crippen molar-refractivity contribution in [3.8, 4) is 0 Å². The Kier molecular flexibility index (Phi) is 4.46. The molecule has 5 heteroatoms. The third kappa shape index (κ3) is 3.89. The van der Waals surface area contributed by atoms with E-state index in [0.29, 0.717) is 6.04 Å². The molecular weight excluding hydrogens is 306 g/mol. The second-order valence-corrected chi connectivity index (χ2v) is 6.85. The van der Waals surface area contributed by atoms with Gasteiger partial charge in [-0.25, -0.2) is 9.97 Å². The lowest BCUT2D eigenvalue weighted by Crippen LogP contribution is -2.31. The van der Waals surface area contributed by atoms with Gasteiger partial charge in [-0.05, 0) is 28.8 Å². The van der Waals surface area contributed by atoms with E-state index < -0.39 is 0 Å². The van der Waals surface area contributed by atoms with Gasteiger partial charge in [0.05, 0.1) is 6.61 Å². The minimum atomic E-state index is -0.0466. The van der Waals surface area contributed by atoms with Crippen molar-refractivity contribution in [3.63, 3.8) is 0 Å². The van der Waals surface area contributed by atoms with E-state index in [9.17, 15) is 0 Å². The van der Waals surface area contributed by atoms with Gasteiger partial charge in [0, 0.05) is 31.2 Å². The number of anilines is 1. The Bertz CT molecular complexity index is 441. The number of hydrogen-bond acceptors (Lipinski definition) is 4. The van der Waals surface area contributed by atoms with E-state index in [1.54, 1.807) is 7.11 Å². The second-order valence-electron chi connectivity index (χ2n) is 6.04. The summed E-state index contributed by atoms with van der Waals surface area (Å²) in [6.45, 7) is 8.01. The SMILES string of the molecule is COCCN(c1cc(Br)nc(C(C)(C)C)n1)C1CC1. The number of ether oxygens (including phenoxy) is 1. The Morgan fingerprint density at radius 3 is 2.58 bits per heavy atom. The van der Waals surface area contributed by atoms with Gasteiger partial charge >= 0.3 is 0 Å². The van der Waals surface area contributed by atoms with Crippen LogP contribution in [0.2, 0.25) is 0 Å². The molecule has 1 aromatic heterocycles. The fourth-order valence-corrected chi connectivity index (χ4v) is 2.32. The molecule has 1 heterocycles. The molecule has 0 N–H and O–H groups in total. The topological polar surface area (TPSA) is 38.2 Å². The van der Waals surface area contributed by atoms with Crippen molar-refractivity contribution in [3.05, 3.63) is 16.5 Å². The normalized spacial score (nSPS) is 15.6. The zero-order valence-electron chi connectivity index (χ0n) is 12.1. The number of nitrogens with zero attached hydrogens (tertiary/aromatic N) is 3. The highest BCUT2D eigenvalue weighted by molar-refractivity contribution is 9.10. The van der Waals surface area contributed by atoms with Crippen LogP contribution >= 0.6 is 15.9 Å². The van der Waals surface area contributed by atoms with Crippen molar-refractivity contribution in [2.75, 3.05) is 25.2 Å². The van der Waals surface area contributed by atoms with Crippen LogP contribution in [0.15, 0.2) is 10.7 Å². The number of hydrogen-bond donors (Lipinski definition) is 0. The predicted molar refractivity (Wildman–Crippen MR) is 80.7 cm³/mol. The van der Waals surface area contributed by atoms with Crippen LogP contribution in [0.3, 0.4) is 0 Å². The third-order valence-corrected chi connectivity index (χ3v) is 3.58. The van der Waals surface area contributed by atoms with Gasteiger partial charge in [-0.15, -0.1) is 0 Å². The van der Waals surface area contributed by atoms with E-state index in [4.69, 9.17) is 9.72 Å². The van der Waals surface area contributed by atoms with Crippen LogP contribution in [0.5, 0.6) is 0 Å². The molecule has 0 unspecified atom stereocenters. The van der Waals surface area contributed by atoms with Gasteiger partial charge in [-0.3, -0.25) is 0 Å². The van der Waals surface area contributed by atoms with Crippen LogP contribution < -0.4 is 4.90 Å². The molecule has 0 amide bonds. The van der Waals surface area contributed by atoms with E-state index in [-0.39, 0.29) is 5.41 Å². The van der Waals surface area contributed by atoms with E-state index in [1.165, 1.54) is 12.8 Å². The molecule has 0 spiro atoms. The first kappa shape index (κ1) is 14.7. The van der Waals surface area contributed by atoms with Crippen LogP contribution in [-0.2, 0) is 10.2 Å². The molecule has 1 fully saturated rings. The predicted octanol–water partition coefficient (Wildman–Crippen LogP) is 3.15. The summed E-state index contributed by atoms with van der Waals surface area (Å²) >= 11 is 3.50. The largest absolute Gasteiger partial charge is 0.383 e. The first-order valence-electron chi connectivity index (χ1n) is 6.72. The smallest absolute Gasteiger partial charge is 0.137 e. The Balaban J connectivity index is 2.28. The second kappa shape index (κ2) is 5.75. The lowest BCUT2D eigenvalue weighted by Gasteiger charge is -2.25. The summed E-state index contributed by atoms with van der Waals surface area (Å²) < 4.78 is 6.06. The van der Waals surface area contributed by atoms with Gasteiger partial charge in [0.2, 0.25) is 0 Å². The maximum atomic E-state index is 5.20. The summed E-state index contributed by atoms with van der Waals surface area (Å²) in [4.78, 5) is 11.6. The Morgan fingerprint density at radius 1 is 1.37 bits per heavy atom. The molecule has 0 radical (unpaired) electrons. The highest BCUT2D eigenvalue weighted by Crippen LogP contribution is 2.32. The molecule has 0 aliphatic heterocycles. The lowest BCUT2D eigenvalue weighted by atomic mass is 9.96. The maximum Gasteiger partial charge on any atom is 0.137 e. The average Bonchev–Trinajstić information content (AvgIpc) is 3.12. The Hall–Kier alpha value is -0.680. The van der Waals surface area contributed by atoms with Gasteiger partial charge in [-0.1, -0.05) is 20.8 Å². The molecule has 0 atom stereocenters. The number of methoxy groups -OCH3 is 1. The van der Waals surface area contributed by atoms with Crippen LogP contribution in [0, 0.1) is 0 Å². The molecule has 19 heavy (non-hydrogen) atoms. The number of aromatic nitrogens is 2. The van der Waals surface area contributed by atoms with Crippen LogP contribution in [0.4, 0.5) is 5.82 Å². The number of rotatable bonds is 5. The van der Waals surface area contributed by atoms with Crippen molar-refractivity contribution in [2.45, 2.75) is 45.1 Å².